The summed E-state index contributed by atoms with van der Waals surface area (Å²) in [7, 11) is 0. The standard InChI is InChI=1S/C23H23N3O6S/c1-2-30-21(27)12-18(15-7-8-19-20(11-15)32-14-31-19)25-23(29)24-17-6-3-9-26(22(17)28)13-16-5-4-10-33-16/h3-11,18H,2,12-14H2,1H3,(H2,24,25,29). The highest BCUT2D eigenvalue weighted by Gasteiger charge is 2.23. The number of esters is 1. The molecule has 0 saturated heterocycles. The predicted molar refractivity (Wildman–Crippen MR) is 123 cm³/mol. The van der Waals surface area contributed by atoms with Gasteiger partial charge in [0.25, 0.3) is 5.56 Å². The number of thiophene rings is 1. The summed E-state index contributed by atoms with van der Waals surface area (Å²) in [6.45, 7) is 2.47. The molecule has 2 N–H and O–H groups in total. The van der Waals surface area contributed by atoms with Gasteiger partial charge in [0.05, 0.1) is 25.6 Å². The summed E-state index contributed by atoms with van der Waals surface area (Å²) < 4.78 is 17.3. The van der Waals surface area contributed by atoms with E-state index in [0.717, 1.165) is 4.88 Å². The van der Waals surface area contributed by atoms with Crippen LogP contribution in [-0.4, -0.2) is 30.0 Å². The average Bonchev–Trinajstić information content (AvgIpc) is 3.47. The fraction of sp³-hybridized carbons (Fsp3) is 0.261. The summed E-state index contributed by atoms with van der Waals surface area (Å²) in [5.41, 5.74) is 0.448. The van der Waals surface area contributed by atoms with Gasteiger partial charge in [0.15, 0.2) is 11.5 Å². The van der Waals surface area contributed by atoms with Crippen molar-refractivity contribution < 1.29 is 23.8 Å². The Labute approximate surface area is 193 Å². The molecule has 1 atom stereocenters. The highest BCUT2D eigenvalue weighted by molar-refractivity contribution is 7.09. The van der Waals surface area contributed by atoms with Gasteiger partial charge in [0.1, 0.15) is 5.69 Å². The molecule has 10 heteroatoms. The molecular weight excluding hydrogens is 446 g/mol. The maximum absolute atomic E-state index is 12.8. The van der Waals surface area contributed by atoms with Gasteiger partial charge in [-0.25, -0.2) is 4.79 Å². The molecule has 3 heterocycles. The van der Waals surface area contributed by atoms with Gasteiger partial charge in [-0.05, 0) is 48.2 Å². The van der Waals surface area contributed by atoms with E-state index in [-0.39, 0.29) is 31.1 Å². The number of hydrogen-bond acceptors (Lipinski definition) is 7. The Morgan fingerprint density at radius 1 is 1.18 bits per heavy atom. The normalized spacial score (nSPS) is 12.8. The fourth-order valence-electron chi connectivity index (χ4n) is 3.41. The lowest BCUT2D eigenvalue weighted by Crippen LogP contribution is -2.36. The number of ether oxygens (including phenoxy) is 3. The minimum Gasteiger partial charge on any atom is -0.466 e. The number of amides is 2. The van der Waals surface area contributed by atoms with Gasteiger partial charge in [-0.1, -0.05) is 12.1 Å². The third kappa shape index (κ3) is 5.53. The van der Waals surface area contributed by atoms with Crippen LogP contribution in [0.1, 0.15) is 29.8 Å². The van der Waals surface area contributed by atoms with E-state index in [2.05, 4.69) is 10.6 Å². The highest BCUT2D eigenvalue weighted by Crippen LogP contribution is 2.35. The molecule has 1 aliphatic rings. The molecule has 0 spiro atoms. The lowest BCUT2D eigenvalue weighted by atomic mass is 10.0. The summed E-state index contributed by atoms with van der Waals surface area (Å²) in [5.74, 6) is 0.662. The molecule has 3 aromatic rings. The number of benzene rings is 1. The molecule has 172 valence electrons. The van der Waals surface area contributed by atoms with E-state index in [4.69, 9.17) is 14.2 Å². The van der Waals surface area contributed by atoms with Gasteiger partial charge in [-0.3, -0.25) is 9.59 Å². The number of anilines is 1. The Balaban J connectivity index is 1.50. The van der Waals surface area contributed by atoms with Crippen molar-refractivity contribution in [2.45, 2.75) is 25.9 Å². The fourth-order valence-corrected chi connectivity index (χ4v) is 4.11. The van der Waals surface area contributed by atoms with E-state index in [0.29, 0.717) is 23.6 Å². The van der Waals surface area contributed by atoms with E-state index in [1.807, 2.05) is 17.5 Å². The van der Waals surface area contributed by atoms with Crippen molar-refractivity contribution in [2.75, 3.05) is 18.7 Å². The van der Waals surface area contributed by atoms with Crippen molar-refractivity contribution in [1.82, 2.24) is 9.88 Å². The van der Waals surface area contributed by atoms with Crippen molar-refractivity contribution in [2.24, 2.45) is 0 Å². The lowest BCUT2D eigenvalue weighted by molar-refractivity contribution is -0.143. The van der Waals surface area contributed by atoms with Crippen LogP contribution in [0, 0.1) is 0 Å². The van der Waals surface area contributed by atoms with Crippen LogP contribution in [0.3, 0.4) is 0 Å². The highest BCUT2D eigenvalue weighted by atomic mass is 32.1. The number of nitrogens with one attached hydrogen (secondary N) is 2. The third-order valence-corrected chi connectivity index (χ3v) is 5.82. The first kappa shape index (κ1) is 22.4. The van der Waals surface area contributed by atoms with Crippen LogP contribution in [0.4, 0.5) is 10.5 Å². The number of carbonyl (C=O) groups excluding carboxylic acids is 2. The topological polar surface area (TPSA) is 108 Å². The van der Waals surface area contributed by atoms with E-state index < -0.39 is 18.0 Å². The Bertz CT molecular complexity index is 1190. The molecule has 1 aliphatic heterocycles. The SMILES string of the molecule is CCOC(=O)CC(NC(=O)Nc1cccn(Cc2cccs2)c1=O)c1ccc2c(c1)OCO2. The molecule has 2 amide bonds. The zero-order valence-corrected chi connectivity index (χ0v) is 18.7. The molecule has 2 aromatic heterocycles. The third-order valence-electron chi connectivity index (χ3n) is 4.96. The second-order valence-electron chi connectivity index (χ2n) is 7.21. The first-order valence-corrected chi connectivity index (χ1v) is 11.3. The number of hydrogen-bond donors (Lipinski definition) is 2. The van der Waals surface area contributed by atoms with Crippen molar-refractivity contribution in [3.63, 3.8) is 0 Å². The van der Waals surface area contributed by atoms with Gasteiger partial charge >= 0.3 is 12.0 Å². The van der Waals surface area contributed by atoms with E-state index >= 15 is 0 Å². The van der Waals surface area contributed by atoms with Crippen molar-refractivity contribution in [3.05, 3.63) is 74.8 Å². The minimum absolute atomic E-state index is 0.0850. The van der Waals surface area contributed by atoms with Gasteiger partial charge in [0, 0.05) is 11.1 Å². The summed E-state index contributed by atoms with van der Waals surface area (Å²) in [4.78, 5) is 38.7. The quantitative estimate of drug-likeness (QED) is 0.489. The predicted octanol–water partition coefficient (Wildman–Crippen LogP) is 3.50. The van der Waals surface area contributed by atoms with Crippen molar-refractivity contribution in [3.8, 4) is 11.5 Å². The van der Waals surface area contributed by atoms with E-state index in [1.54, 1.807) is 48.7 Å². The maximum Gasteiger partial charge on any atom is 0.319 e. The number of pyridine rings is 1. The molecule has 0 bridgehead atoms. The smallest absolute Gasteiger partial charge is 0.319 e. The molecule has 0 radical (unpaired) electrons. The van der Waals surface area contributed by atoms with Gasteiger partial charge in [-0.15, -0.1) is 11.3 Å². The Kier molecular flexibility index (Phi) is 6.94. The number of rotatable bonds is 8. The van der Waals surface area contributed by atoms with Crippen LogP contribution >= 0.6 is 11.3 Å². The number of nitrogens with zero attached hydrogens (tertiary/aromatic N) is 1. The van der Waals surface area contributed by atoms with Crippen LogP contribution in [-0.2, 0) is 16.1 Å². The van der Waals surface area contributed by atoms with Crippen molar-refractivity contribution >= 4 is 29.0 Å². The molecule has 33 heavy (non-hydrogen) atoms. The van der Waals surface area contributed by atoms with Gasteiger partial charge in [-0.2, -0.15) is 0 Å². The lowest BCUT2D eigenvalue weighted by Gasteiger charge is -2.19. The molecule has 0 fully saturated rings. The van der Waals surface area contributed by atoms with Crippen LogP contribution in [0.15, 0.2) is 58.8 Å². The number of urea groups is 1. The summed E-state index contributed by atoms with van der Waals surface area (Å²) in [5, 5.41) is 7.30. The monoisotopic (exact) mass is 469 g/mol. The van der Waals surface area contributed by atoms with Crippen LogP contribution in [0.5, 0.6) is 11.5 Å². The van der Waals surface area contributed by atoms with Crippen LogP contribution in [0.2, 0.25) is 0 Å². The van der Waals surface area contributed by atoms with Crippen molar-refractivity contribution in [1.29, 1.82) is 0 Å². The molecule has 1 unspecified atom stereocenters. The molecule has 1 aromatic carbocycles. The van der Waals surface area contributed by atoms with Crippen LogP contribution < -0.4 is 25.7 Å². The van der Waals surface area contributed by atoms with Gasteiger partial charge < -0.3 is 29.4 Å². The number of carbonyl (C=O) groups is 2. The summed E-state index contributed by atoms with van der Waals surface area (Å²) in [6.07, 6.45) is 1.58. The maximum atomic E-state index is 12.8. The first-order valence-electron chi connectivity index (χ1n) is 10.4. The summed E-state index contributed by atoms with van der Waals surface area (Å²) in [6, 6.07) is 10.9. The largest absolute Gasteiger partial charge is 0.466 e. The molecule has 0 aliphatic carbocycles. The summed E-state index contributed by atoms with van der Waals surface area (Å²) >= 11 is 1.55. The number of aromatic nitrogens is 1. The molecular formula is C23H23N3O6S. The second kappa shape index (κ2) is 10.2. The van der Waals surface area contributed by atoms with Crippen LogP contribution in [0.25, 0.3) is 0 Å². The number of fused-ring (bicyclic) bond motifs is 1. The second-order valence-corrected chi connectivity index (χ2v) is 8.24. The zero-order valence-electron chi connectivity index (χ0n) is 17.9. The molecule has 9 nitrogen and oxygen atoms in total. The van der Waals surface area contributed by atoms with E-state index in [1.165, 1.54) is 10.6 Å². The zero-order chi connectivity index (χ0) is 23.2. The van der Waals surface area contributed by atoms with Gasteiger partial charge in [0.2, 0.25) is 6.79 Å². The first-order chi connectivity index (χ1) is 16.0. The Morgan fingerprint density at radius 2 is 2.03 bits per heavy atom. The molecule has 0 saturated carbocycles. The van der Waals surface area contributed by atoms with E-state index in [9.17, 15) is 14.4 Å². The molecule has 4 rings (SSSR count). The Morgan fingerprint density at radius 3 is 2.82 bits per heavy atom. The minimum atomic E-state index is -0.699. The Hall–Kier alpha value is -3.79. The average molecular weight is 470 g/mol.